The third-order valence-electron chi connectivity index (χ3n) is 4.55. The molecule has 2 amide bonds. The average Bonchev–Trinajstić information content (AvgIpc) is 2.98. The summed E-state index contributed by atoms with van der Waals surface area (Å²) in [6.07, 6.45) is 4.99. The molecule has 3 heterocycles. The van der Waals surface area contributed by atoms with Gasteiger partial charge >= 0.3 is 0 Å². The van der Waals surface area contributed by atoms with Crippen molar-refractivity contribution in [3.63, 3.8) is 0 Å². The molecule has 1 unspecified atom stereocenters. The number of rotatable bonds is 2. The number of piperidine rings is 1. The fraction of sp³-hybridized carbons (Fsp3) is 0.667. The molecule has 0 saturated carbocycles. The van der Waals surface area contributed by atoms with Gasteiger partial charge in [0, 0.05) is 31.1 Å². The van der Waals surface area contributed by atoms with Gasteiger partial charge in [-0.05, 0) is 33.1 Å². The van der Waals surface area contributed by atoms with Gasteiger partial charge in [0.25, 0.3) is 0 Å². The van der Waals surface area contributed by atoms with Gasteiger partial charge in [-0.3, -0.25) is 9.59 Å². The molecule has 3 rings (SSSR count). The smallest absolute Gasteiger partial charge is 0.246 e. The molecular formula is C15H21N3O2S. The van der Waals surface area contributed by atoms with Crippen molar-refractivity contribution in [3.8, 4) is 0 Å². The second-order valence-electron chi connectivity index (χ2n) is 6.23. The van der Waals surface area contributed by atoms with Crippen LogP contribution < -0.4 is 0 Å². The molecule has 5 nitrogen and oxygen atoms in total. The molecule has 21 heavy (non-hydrogen) atoms. The van der Waals surface area contributed by atoms with Crippen LogP contribution in [0.25, 0.3) is 0 Å². The Morgan fingerprint density at radius 1 is 1.29 bits per heavy atom. The van der Waals surface area contributed by atoms with Crippen LogP contribution in [-0.2, 0) is 15.1 Å². The zero-order valence-corrected chi connectivity index (χ0v) is 13.4. The number of amides is 2. The van der Waals surface area contributed by atoms with E-state index in [1.165, 1.54) is 0 Å². The molecule has 1 aromatic rings. The van der Waals surface area contributed by atoms with Crippen molar-refractivity contribution in [2.24, 2.45) is 0 Å². The van der Waals surface area contributed by atoms with Gasteiger partial charge in [0.05, 0.1) is 5.54 Å². The minimum Gasteiger partial charge on any atom is -0.331 e. The van der Waals surface area contributed by atoms with Gasteiger partial charge < -0.3 is 9.80 Å². The number of nitrogens with zero attached hydrogens (tertiary/aromatic N) is 3. The first-order valence-electron chi connectivity index (χ1n) is 7.53. The maximum absolute atomic E-state index is 13.0. The molecule has 2 aliphatic rings. The fourth-order valence-corrected chi connectivity index (χ4v) is 4.09. The predicted molar refractivity (Wildman–Crippen MR) is 80.8 cm³/mol. The van der Waals surface area contributed by atoms with Crippen LogP contribution in [0.15, 0.2) is 11.6 Å². The van der Waals surface area contributed by atoms with Crippen LogP contribution >= 0.6 is 11.3 Å². The number of thiazole rings is 1. The summed E-state index contributed by atoms with van der Waals surface area (Å²) in [5.41, 5.74) is -0.459. The Labute approximate surface area is 129 Å². The first-order chi connectivity index (χ1) is 10.0. The quantitative estimate of drug-likeness (QED) is 0.839. The second kappa shape index (κ2) is 5.40. The van der Waals surface area contributed by atoms with Gasteiger partial charge in [-0.15, -0.1) is 11.3 Å². The van der Waals surface area contributed by atoms with E-state index in [2.05, 4.69) is 4.98 Å². The Balaban J connectivity index is 1.92. The molecular weight excluding hydrogens is 286 g/mol. The van der Waals surface area contributed by atoms with Crippen molar-refractivity contribution >= 4 is 23.2 Å². The summed E-state index contributed by atoms with van der Waals surface area (Å²) in [4.78, 5) is 33.3. The highest BCUT2D eigenvalue weighted by Crippen LogP contribution is 2.33. The standard InChI is InChI=1S/C15H21N3O2S/c1-15(2,14-16-7-10-21-14)18-9-6-12(19)17-8-4-3-5-11(17)13(18)20/h7,10-11H,3-6,8-9H2,1-2H3. The van der Waals surface area contributed by atoms with Gasteiger partial charge in [0.1, 0.15) is 11.0 Å². The molecule has 0 radical (unpaired) electrons. The number of aromatic nitrogens is 1. The lowest BCUT2D eigenvalue weighted by molar-refractivity contribution is -0.146. The molecule has 2 fully saturated rings. The Hall–Kier alpha value is -1.43. The lowest BCUT2D eigenvalue weighted by Gasteiger charge is -2.40. The van der Waals surface area contributed by atoms with E-state index in [0.29, 0.717) is 13.0 Å². The summed E-state index contributed by atoms with van der Waals surface area (Å²) in [5, 5.41) is 2.85. The van der Waals surface area contributed by atoms with Crippen molar-refractivity contribution in [1.29, 1.82) is 0 Å². The molecule has 0 N–H and O–H groups in total. The first-order valence-corrected chi connectivity index (χ1v) is 8.40. The topological polar surface area (TPSA) is 53.5 Å². The zero-order chi connectivity index (χ0) is 15.0. The van der Waals surface area contributed by atoms with E-state index in [9.17, 15) is 9.59 Å². The molecule has 1 aromatic heterocycles. The minimum atomic E-state index is -0.459. The first kappa shape index (κ1) is 14.5. The van der Waals surface area contributed by atoms with Gasteiger partial charge in [0.2, 0.25) is 11.8 Å². The largest absolute Gasteiger partial charge is 0.331 e. The van der Waals surface area contributed by atoms with Crippen LogP contribution in [0.4, 0.5) is 0 Å². The molecule has 114 valence electrons. The molecule has 0 aliphatic carbocycles. The third-order valence-corrected chi connectivity index (χ3v) is 5.64. The Morgan fingerprint density at radius 2 is 2.10 bits per heavy atom. The number of carbonyl (C=O) groups excluding carboxylic acids is 2. The predicted octanol–water partition coefficient (Wildman–Crippen LogP) is 1.99. The Morgan fingerprint density at radius 3 is 2.81 bits per heavy atom. The summed E-state index contributed by atoms with van der Waals surface area (Å²) < 4.78 is 0. The highest BCUT2D eigenvalue weighted by Gasteiger charge is 2.43. The van der Waals surface area contributed by atoms with Gasteiger partial charge in [-0.2, -0.15) is 0 Å². The zero-order valence-electron chi connectivity index (χ0n) is 12.5. The molecule has 6 heteroatoms. The highest BCUT2D eigenvalue weighted by atomic mass is 32.1. The van der Waals surface area contributed by atoms with Gasteiger partial charge in [-0.1, -0.05) is 0 Å². The van der Waals surface area contributed by atoms with Crippen molar-refractivity contribution in [1.82, 2.24) is 14.8 Å². The monoisotopic (exact) mass is 307 g/mol. The normalized spacial score (nSPS) is 24.0. The van der Waals surface area contributed by atoms with Crippen molar-refractivity contribution < 1.29 is 9.59 Å². The summed E-state index contributed by atoms with van der Waals surface area (Å²) >= 11 is 1.56. The van der Waals surface area contributed by atoms with Crippen molar-refractivity contribution in [2.45, 2.75) is 51.1 Å². The van der Waals surface area contributed by atoms with E-state index in [0.717, 1.165) is 30.8 Å². The fourth-order valence-electron chi connectivity index (χ4n) is 3.32. The number of carbonyl (C=O) groups is 2. The number of hydrogen-bond donors (Lipinski definition) is 0. The minimum absolute atomic E-state index is 0.0840. The molecule has 0 spiro atoms. The maximum Gasteiger partial charge on any atom is 0.246 e. The van der Waals surface area contributed by atoms with Crippen LogP contribution in [-0.4, -0.2) is 45.7 Å². The highest BCUT2D eigenvalue weighted by molar-refractivity contribution is 7.09. The molecule has 0 bridgehead atoms. The van der Waals surface area contributed by atoms with E-state index in [1.807, 2.05) is 24.1 Å². The summed E-state index contributed by atoms with van der Waals surface area (Å²) in [6.45, 7) is 5.25. The summed E-state index contributed by atoms with van der Waals surface area (Å²) in [5.74, 6) is 0.200. The third kappa shape index (κ3) is 2.46. The lowest BCUT2D eigenvalue weighted by atomic mass is 9.98. The van der Waals surface area contributed by atoms with Crippen LogP contribution in [0.1, 0.15) is 44.5 Å². The lowest BCUT2D eigenvalue weighted by Crippen LogP contribution is -2.53. The van der Waals surface area contributed by atoms with E-state index in [1.54, 1.807) is 22.4 Å². The maximum atomic E-state index is 13.0. The summed E-state index contributed by atoms with van der Waals surface area (Å²) in [6, 6.07) is -0.270. The van der Waals surface area contributed by atoms with Crippen molar-refractivity contribution in [3.05, 3.63) is 16.6 Å². The van der Waals surface area contributed by atoms with Crippen LogP contribution in [0.2, 0.25) is 0 Å². The summed E-state index contributed by atoms with van der Waals surface area (Å²) in [7, 11) is 0. The van der Waals surface area contributed by atoms with Crippen LogP contribution in [0.5, 0.6) is 0 Å². The number of fused-ring (bicyclic) bond motifs is 1. The average molecular weight is 307 g/mol. The SMILES string of the molecule is CC(C)(c1nccs1)N1CCC(=O)N2CCCCC2C1=O. The number of hydrogen-bond acceptors (Lipinski definition) is 4. The van der Waals surface area contributed by atoms with E-state index < -0.39 is 5.54 Å². The Kier molecular flexibility index (Phi) is 3.73. The van der Waals surface area contributed by atoms with E-state index >= 15 is 0 Å². The van der Waals surface area contributed by atoms with Crippen molar-refractivity contribution in [2.75, 3.05) is 13.1 Å². The van der Waals surface area contributed by atoms with Gasteiger partial charge in [-0.25, -0.2) is 4.98 Å². The van der Waals surface area contributed by atoms with E-state index in [-0.39, 0.29) is 17.9 Å². The molecule has 2 aliphatic heterocycles. The Bertz CT molecular complexity index is 541. The second-order valence-corrected chi connectivity index (χ2v) is 7.13. The molecule has 2 saturated heterocycles. The molecule has 1 atom stereocenters. The van der Waals surface area contributed by atoms with Crippen LogP contribution in [0.3, 0.4) is 0 Å². The van der Waals surface area contributed by atoms with Crippen LogP contribution in [0, 0.1) is 0 Å². The molecule has 0 aromatic carbocycles. The van der Waals surface area contributed by atoms with Gasteiger partial charge in [0.15, 0.2) is 0 Å². The van der Waals surface area contributed by atoms with E-state index in [4.69, 9.17) is 0 Å².